The summed E-state index contributed by atoms with van der Waals surface area (Å²) in [6.07, 6.45) is -0.617. The van der Waals surface area contributed by atoms with Crippen LogP contribution in [0.25, 0.3) is 11.3 Å². The van der Waals surface area contributed by atoms with E-state index in [-0.39, 0.29) is 24.2 Å². The molecule has 0 atom stereocenters. The van der Waals surface area contributed by atoms with Crippen LogP contribution < -0.4 is 20.5 Å². The molecule has 0 saturated heterocycles. The van der Waals surface area contributed by atoms with E-state index in [1.54, 1.807) is 12.1 Å². The number of pyridine rings is 1. The van der Waals surface area contributed by atoms with Crippen LogP contribution in [0.1, 0.15) is 6.42 Å². The molecule has 2 aromatic heterocycles. The molecule has 2 heterocycles. The highest BCUT2D eigenvalue weighted by molar-refractivity contribution is 6.29. The molecule has 23 heavy (non-hydrogen) atoms. The van der Waals surface area contributed by atoms with Gasteiger partial charge in [0.1, 0.15) is 22.3 Å². The molecule has 9 nitrogen and oxygen atoms in total. The summed E-state index contributed by atoms with van der Waals surface area (Å²) in [5, 5.41) is 17.6. The van der Waals surface area contributed by atoms with E-state index in [2.05, 4.69) is 20.5 Å². The molecule has 0 bridgehead atoms. The van der Waals surface area contributed by atoms with Gasteiger partial charge in [-0.15, -0.1) is 0 Å². The van der Waals surface area contributed by atoms with E-state index in [1.165, 1.54) is 7.11 Å². The lowest BCUT2D eigenvalue weighted by molar-refractivity contribution is 0.193. The maximum Gasteiger partial charge on any atom is 0.404 e. The number of ether oxygens (including phenoxy) is 2. The normalized spacial score (nSPS) is 10.3. The quantitative estimate of drug-likeness (QED) is 0.445. The molecule has 2 aromatic rings. The summed E-state index contributed by atoms with van der Waals surface area (Å²) in [6.45, 7) is 0.507. The molecule has 0 aliphatic rings. The Labute approximate surface area is 136 Å². The standard InChI is InChI=1S/C13H16ClN5O4/c1-22-8-6-9(14)17-12(23-4-2-3-16-13(20)21)11(8)7-5-10(15)19-18-7/h5-6,16H,2-4H2,1H3,(H,20,21)(H3,15,18,19). The molecule has 124 valence electrons. The number of nitrogens with two attached hydrogens (primary N) is 1. The third kappa shape index (κ3) is 4.39. The average molecular weight is 342 g/mol. The van der Waals surface area contributed by atoms with Crippen molar-refractivity contribution in [3.63, 3.8) is 0 Å². The Morgan fingerprint density at radius 3 is 2.91 bits per heavy atom. The molecule has 2 rings (SSSR count). The Bertz CT molecular complexity index is 691. The SMILES string of the molecule is COc1cc(Cl)nc(OCCCNC(=O)O)c1-c1cc(N)n[nH]1. The Morgan fingerprint density at radius 2 is 2.30 bits per heavy atom. The van der Waals surface area contributed by atoms with E-state index < -0.39 is 6.09 Å². The second-order valence-corrected chi connectivity index (χ2v) is 4.86. The van der Waals surface area contributed by atoms with Crippen LogP contribution in [0.2, 0.25) is 5.15 Å². The zero-order valence-corrected chi connectivity index (χ0v) is 13.1. The molecule has 0 spiro atoms. The van der Waals surface area contributed by atoms with Crippen LogP contribution in [0.3, 0.4) is 0 Å². The van der Waals surface area contributed by atoms with Crippen molar-refractivity contribution in [1.82, 2.24) is 20.5 Å². The Hall–Kier alpha value is -2.68. The van der Waals surface area contributed by atoms with E-state index in [0.29, 0.717) is 29.2 Å². The lowest BCUT2D eigenvalue weighted by atomic mass is 10.2. The zero-order chi connectivity index (χ0) is 16.8. The molecule has 1 amide bonds. The number of rotatable bonds is 7. The number of anilines is 1. The number of aromatic nitrogens is 3. The summed E-state index contributed by atoms with van der Waals surface area (Å²) in [7, 11) is 1.50. The maximum atomic E-state index is 10.4. The minimum atomic E-state index is -1.08. The molecule has 10 heteroatoms. The zero-order valence-electron chi connectivity index (χ0n) is 12.3. The van der Waals surface area contributed by atoms with E-state index in [1.807, 2.05) is 0 Å². The third-order valence-electron chi connectivity index (χ3n) is 2.84. The number of nitrogen functional groups attached to an aromatic ring is 1. The van der Waals surface area contributed by atoms with Crippen LogP contribution in [0, 0.1) is 0 Å². The molecule has 0 fully saturated rings. The van der Waals surface area contributed by atoms with Crippen molar-refractivity contribution in [2.24, 2.45) is 0 Å². The van der Waals surface area contributed by atoms with Crippen LogP contribution >= 0.6 is 11.6 Å². The third-order valence-corrected chi connectivity index (χ3v) is 3.04. The molecule has 0 unspecified atom stereocenters. The van der Waals surface area contributed by atoms with E-state index in [0.717, 1.165) is 0 Å². The number of nitrogens with one attached hydrogen (secondary N) is 2. The van der Waals surface area contributed by atoms with Gasteiger partial charge in [-0.25, -0.2) is 9.78 Å². The predicted molar refractivity (Wildman–Crippen MR) is 83.9 cm³/mol. The van der Waals surface area contributed by atoms with Gasteiger partial charge in [-0.05, 0) is 6.42 Å². The van der Waals surface area contributed by atoms with Gasteiger partial charge in [0.2, 0.25) is 5.88 Å². The monoisotopic (exact) mass is 341 g/mol. The second kappa shape index (κ2) is 7.54. The number of H-pyrrole nitrogens is 1. The van der Waals surface area contributed by atoms with Crippen LogP contribution in [0.4, 0.5) is 10.6 Å². The minimum Gasteiger partial charge on any atom is -0.496 e. The first-order valence-electron chi connectivity index (χ1n) is 6.66. The van der Waals surface area contributed by atoms with Gasteiger partial charge in [0.15, 0.2) is 0 Å². The minimum absolute atomic E-state index is 0.205. The number of carbonyl (C=O) groups is 1. The lowest BCUT2D eigenvalue weighted by Gasteiger charge is -2.13. The van der Waals surface area contributed by atoms with Gasteiger partial charge in [0.25, 0.3) is 0 Å². The van der Waals surface area contributed by atoms with Crippen LogP contribution in [0.5, 0.6) is 11.6 Å². The molecule has 0 radical (unpaired) electrons. The van der Waals surface area contributed by atoms with Gasteiger partial charge in [0, 0.05) is 18.7 Å². The van der Waals surface area contributed by atoms with Gasteiger partial charge < -0.3 is 25.6 Å². The highest BCUT2D eigenvalue weighted by atomic mass is 35.5. The largest absolute Gasteiger partial charge is 0.496 e. The fourth-order valence-electron chi connectivity index (χ4n) is 1.89. The van der Waals surface area contributed by atoms with Crippen molar-refractivity contribution in [3.05, 3.63) is 17.3 Å². The number of methoxy groups -OCH3 is 1. The number of hydrogen-bond donors (Lipinski definition) is 4. The number of carboxylic acid groups (broad SMARTS) is 1. The van der Waals surface area contributed by atoms with Crippen molar-refractivity contribution in [3.8, 4) is 22.9 Å². The average Bonchev–Trinajstić information content (AvgIpc) is 2.92. The lowest BCUT2D eigenvalue weighted by Crippen LogP contribution is -2.23. The van der Waals surface area contributed by atoms with Crippen molar-refractivity contribution < 1.29 is 19.4 Å². The van der Waals surface area contributed by atoms with Gasteiger partial charge >= 0.3 is 6.09 Å². The van der Waals surface area contributed by atoms with Gasteiger partial charge in [-0.1, -0.05) is 11.6 Å². The summed E-state index contributed by atoms with van der Waals surface area (Å²) in [6, 6.07) is 3.17. The second-order valence-electron chi connectivity index (χ2n) is 4.47. The first-order chi connectivity index (χ1) is 11.0. The summed E-state index contributed by atoms with van der Waals surface area (Å²) >= 11 is 5.96. The summed E-state index contributed by atoms with van der Waals surface area (Å²) in [5.41, 5.74) is 6.73. The Balaban J connectivity index is 2.20. The molecule has 0 aliphatic heterocycles. The van der Waals surface area contributed by atoms with E-state index in [9.17, 15) is 4.79 Å². The van der Waals surface area contributed by atoms with Crippen molar-refractivity contribution in [1.29, 1.82) is 0 Å². The maximum absolute atomic E-state index is 10.4. The molecular weight excluding hydrogens is 326 g/mol. The van der Waals surface area contributed by atoms with E-state index in [4.69, 9.17) is 31.9 Å². The Kier molecular flexibility index (Phi) is 5.47. The number of halogens is 1. The molecule has 5 N–H and O–H groups in total. The number of amides is 1. The predicted octanol–water partition coefficient (Wildman–Crippen LogP) is 1.75. The number of hydrogen-bond acceptors (Lipinski definition) is 6. The van der Waals surface area contributed by atoms with Gasteiger partial charge in [0.05, 0.1) is 19.4 Å². The number of nitrogens with zero attached hydrogens (tertiary/aromatic N) is 2. The van der Waals surface area contributed by atoms with Crippen LogP contribution in [-0.4, -0.2) is 46.6 Å². The fraction of sp³-hybridized carbons (Fsp3) is 0.308. The van der Waals surface area contributed by atoms with Crippen molar-refractivity contribution in [2.75, 3.05) is 26.0 Å². The first-order valence-corrected chi connectivity index (χ1v) is 7.04. The summed E-state index contributed by atoms with van der Waals surface area (Å²) in [4.78, 5) is 14.5. The number of aromatic amines is 1. The van der Waals surface area contributed by atoms with Gasteiger partial charge in [-0.3, -0.25) is 5.10 Å². The van der Waals surface area contributed by atoms with E-state index >= 15 is 0 Å². The molecule has 0 aliphatic carbocycles. The van der Waals surface area contributed by atoms with Crippen molar-refractivity contribution in [2.45, 2.75) is 6.42 Å². The van der Waals surface area contributed by atoms with Crippen molar-refractivity contribution >= 4 is 23.5 Å². The molecular formula is C13H16ClN5O4. The molecule has 0 aromatic carbocycles. The topological polar surface area (TPSA) is 135 Å². The fourth-order valence-corrected chi connectivity index (χ4v) is 2.06. The summed E-state index contributed by atoms with van der Waals surface area (Å²) in [5.74, 6) is 1.01. The molecule has 0 saturated carbocycles. The summed E-state index contributed by atoms with van der Waals surface area (Å²) < 4.78 is 10.9. The first kappa shape index (κ1) is 16.7. The Morgan fingerprint density at radius 1 is 1.52 bits per heavy atom. The van der Waals surface area contributed by atoms with Crippen LogP contribution in [0.15, 0.2) is 12.1 Å². The smallest absolute Gasteiger partial charge is 0.404 e. The highest BCUT2D eigenvalue weighted by Crippen LogP contribution is 2.38. The van der Waals surface area contributed by atoms with Crippen LogP contribution in [-0.2, 0) is 0 Å². The highest BCUT2D eigenvalue weighted by Gasteiger charge is 2.18. The van der Waals surface area contributed by atoms with Gasteiger partial charge in [-0.2, -0.15) is 5.10 Å².